The average molecular weight is 385 g/mol. The zero-order valence-corrected chi connectivity index (χ0v) is 15.6. The second-order valence-corrected chi connectivity index (χ2v) is 6.71. The molecule has 144 valence electrons. The Bertz CT molecular complexity index is 1060. The molecule has 1 aromatic heterocycles. The molecule has 0 saturated heterocycles. The first-order chi connectivity index (χ1) is 13.3. The van der Waals surface area contributed by atoms with Gasteiger partial charge in [-0.25, -0.2) is 0 Å². The number of alkyl halides is 3. The first kappa shape index (κ1) is 18.3. The first-order valence-corrected chi connectivity index (χ1v) is 8.75. The van der Waals surface area contributed by atoms with Gasteiger partial charge in [0.2, 0.25) is 0 Å². The highest BCUT2D eigenvalue weighted by molar-refractivity contribution is 5.79. The van der Waals surface area contributed by atoms with Crippen molar-refractivity contribution in [2.24, 2.45) is 0 Å². The van der Waals surface area contributed by atoms with Crippen molar-refractivity contribution in [3.63, 3.8) is 0 Å². The van der Waals surface area contributed by atoms with Crippen molar-refractivity contribution < 1.29 is 22.6 Å². The number of aryl methyl sites for hydroxylation is 1. The second-order valence-electron chi connectivity index (χ2n) is 6.71. The normalized spacial score (nSPS) is 15.1. The van der Waals surface area contributed by atoms with Gasteiger partial charge in [-0.2, -0.15) is 13.2 Å². The molecule has 0 bridgehead atoms. The summed E-state index contributed by atoms with van der Waals surface area (Å²) in [6.07, 6.45) is -4.48. The molecule has 0 radical (unpaired) electrons. The molecule has 0 saturated carbocycles. The van der Waals surface area contributed by atoms with Gasteiger partial charge in [-0.05, 0) is 36.2 Å². The summed E-state index contributed by atoms with van der Waals surface area (Å²) in [6, 6.07) is 13.7. The summed E-state index contributed by atoms with van der Waals surface area (Å²) in [5, 5.41) is 0. The lowest BCUT2D eigenvalue weighted by Crippen LogP contribution is -2.13. The number of pyridine rings is 1. The summed E-state index contributed by atoms with van der Waals surface area (Å²) in [7, 11) is 3.02. The van der Waals surface area contributed by atoms with Crippen LogP contribution >= 0.6 is 0 Å². The van der Waals surface area contributed by atoms with Gasteiger partial charge >= 0.3 is 6.18 Å². The Morgan fingerprint density at radius 1 is 0.929 bits per heavy atom. The number of benzene rings is 2. The Kier molecular flexibility index (Phi) is 4.29. The van der Waals surface area contributed by atoms with Gasteiger partial charge in [0.1, 0.15) is 0 Å². The molecule has 0 spiro atoms. The topological polar surface area (TPSA) is 31.4 Å². The molecule has 0 amide bonds. The molecular weight excluding hydrogens is 367 g/mol. The van der Waals surface area contributed by atoms with E-state index >= 15 is 0 Å². The molecule has 1 unspecified atom stereocenters. The highest BCUT2D eigenvalue weighted by Gasteiger charge is 2.42. The molecule has 6 heteroatoms. The Morgan fingerprint density at radius 2 is 1.64 bits per heavy atom. The standard InChI is InChI=1S/C22H18F3NO2/c1-12-10-16(22(23,24)25)20-19(13-8-9-17(27-2)18(11-13)28-3)14-6-4-5-7-15(14)21(20)26-12/h4-11,19H,1-3H3. The van der Waals surface area contributed by atoms with Gasteiger partial charge in [0.15, 0.2) is 11.5 Å². The number of nitrogens with zero attached hydrogens (tertiary/aromatic N) is 1. The number of fused-ring (bicyclic) bond motifs is 3. The molecule has 3 aromatic rings. The van der Waals surface area contributed by atoms with Gasteiger partial charge in [-0.3, -0.25) is 4.98 Å². The van der Waals surface area contributed by atoms with Crippen LogP contribution in [0.25, 0.3) is 11.3 Å². The zero-order valence-electron chi connectivity index (χ0n) is 15.6. The van der Waals surface area contributed by atoms with Crippen LogP contribution in [-0.4, -0.2) is 19.2 Å². The Balaban J connectivity index is 2.03. The number of hydrogen-bond donors (Lipinski definition) is 0. The van der Waals surface area contributed by atoms with E-state index in [9.17, 15) is 13.2 Å². The van der Waals surface area contributed by atoms with E-state index in [0.29, 0.717) is 28.5 Å². The van der Waals surface area contributed by atoms with E-state index in [0.717, 1.165) is 17.2 Å². The molecule has 28 heavy (non-hydrogen) atoms. The van der Waals surface area contributed by atoms with E-state index in [1.807, 2.05) is 24.3 Å². The van der Waals surface area contributed by atoms with E-state index < -0.39 is 17.7 Å². The molecule has 4 rings (SSSR count). The Morgan fingerprint density at radius 3 is 2.32 bits per heavy atom. The minimum absolute atomic E-state index is 0.187. The van der Waals surface area contributed by atoms with Crippen molar-refractivity contribution in [3.8, 4) is 22.8 Å². The molecule has 3 nitrogen and oxygen atoms in total. The minimum atomic E-state index is -4.48. The third kappa shape index (κ3) is 2.80. The molecule has 0 aliphatic heterocycles. The van der Waals surface area contributed by atoms with Crippen LogP contribution in [0.3, 0.4) is 0 Å². The van der Waals surface area contributed by atoms with Crippen LogP contribution in [0.15, 0.2) is 48.5 Å². The van der Waals surface area contributed by atoms with Crippen molar-refractivity contribution in [3.05, 3.63) is 76.5 Å². The van der Waals surface area contributed by atoms with E-state index in [-0.39, 0.29) is 5.56 Å². The van der Waals surface area contributed by atoms with Gasteiger partial charge < -0.3 is 9.47 Å². The summed E-state index contributed by atoms with van der Waals surface area (Å²) in [4.78, 5) is 4.47. The quantitative estimate of drug-likeness (QED) is 0.461. The number of aromatic nitrogens is 1. The monoisotopic (exact) mass is 385 g/mol. The molecule has 1 heterocycles. The van der Waals surface area contributed by atoms with Crippen LogP contribution in [0.1, 0.15) is 33.9 Å². The average Bonchev–Trinajstić information content (AvgIpc) is 3.00. The van der Waals surface area contributed by atoms with Crippen LogP contribution in [0.2, 0.25) is 0 Å². The lowest BCUT2D eigenvalue weighted by Gasteiger charge is -2.20. The van der Waals surface area contributed by atoms with Gasteiger partial charge in [-0.15, -0.1) is 0 Å². The molecule has 1 aliphatic carbocycles. The van der Waals surface area contributed by atoms with E-state index in [1.165, 1.54) is 14.2 Å². The van der Waals surface area contributed by atoms with Gasteiger partial charge in [0.25, 0.3) is 0 Å². The molecule has 0 fully saturated rings. The van der Waals surface area contributed by atoms with Crippen molar-refractivity contribution in [1.29, 1.82) is 0 Å². The number of halogens is 3. The lowest BCUT2D eigenvalue weighted by atomic mass is 9.87. The molecular formula is C22H18F3NO2. The van der Waals surface area contributed by atoms with E-state index in [4.69, 9.17) is 9.47 Å². The Hall–Kier alpha value is -3.02. The molecule has 1 aliphatic rings. The van der Waals surface area contributed by atoms with E-state index in [2.05, 4.69) is 4.98 Å². The smallest absolute Gasteiger partial charge is 0.416 e. The van der Waals surface area contributed by atoms with Crippen LogP contribution in [0.5, 0.6) is 11.5 Å². The fraction of sp³-hybridized carbons (Fsp3) is 0.227. The fourth-order valence-corrected chi connectivity index (χ4v) is 3.91. The van der Waals surface area contributed by atoms with Crippen LogP contribution < -0.4 is 9.47 Å². The number of ether oxygens (including phenoxy) is 2. The summed E-state index contributed by atoms with van der Waals surface area (Å²) in [6.45, 7) is 1.59. The van der Waals surface area contributed by atoms with Gasteiger partial charge in [0, 0.05) is 22.7 Å². The Labute approximate surface area is 160 Å². The maximum Gasteiger partial charge on any atom is 0.416 e. The summed E-state index contributed by atoms with van der Waals surface area (Å²) in [5.74, 6) is 0.408. The zero-order chi connectivity index (χ0) is 20.1. The van der Waals surface area contributed by atoms with Gasteiger partial charge in [-0.1, -0.05) is 30.3 Å². The van der Waals surface area contributed by atoms with Crippen LogP contribution in [-0.2, 0) is 6.18 Å². The SMILES string of the molecule is COc1ccc(C2c3ccccc3-c3nc(C)cc(C(F)(F)F)c32)cc1OC. The molecule has 0 N–H and O–H groups in total. The summed E-state index contributed by atoms with van der Waals surface area (Å²) >= 11 is 0. The van der Waals surface area contributed by atoms with Crippen LogP contribution in [0, 0.1) is 6.92 Å². The highest BCUT2D eigenvalue weighted by Crippen LogP contribution is 2.52. The number of methoxy groups -OCH3 is 2. The summed E-state index contributed by atoms with van der Waals surface area (Å²) in [5.41, 5.74) is 2.49. The third-order valence-corrected chi connectivity index (χ3v) is 5.05. The summed E-state index contributed by atoms with van der Waals surface area (Å²) < 4.78 is 52.4. The fourth-order valence-electron chi connectivity index (χ4n) is 3.91. The lowest BCUT2D eigenvalue weighted by molar-refractivity contribution is -0.138. The maximum absolute atomic E-state index is 13.9. The van der Waals surface area contributed by atoms with Gasteiger partial charge in [0.05, 0.1) is 25.5 Å². The number of rotatable bonds is 3. The highest BCUT2D eigenvalue weighted by atomic mass is 19.4. The predicted molar refractivity (Wildman–Crippen MR) is 99.9 cm³/mol. The predicted octanol–water partition coefficient (Wildman–Crippen LogP) is 5.59. The molecule has 1 atom stereocenters. The van der Waals surface area contributed by atoms with Crippen LogP contribution in [0.4, 0.5) is 13.2 Å². The maximum atomic E-state index is 13.9. The molecule has 2 aromatic carbocycles. The van der Waals surface area contributed by atoms with Crippen molar-refractivity contribution >= 4 is 0 Å². The van der Waals surface area contributed by atoms with E-state index in [1.54, 1.807) is 25.1 Å². The van der Waals surface area contributed by atoms with Crippen molar-refractivity contribution in [2.75, 3.05) is 14.2 Å². The minimum Gasteiger partial charge on any atom is -0.493 e. The largest absolute Gasteiger partial charge is 0.493 e. The second kappa shape index (κ2) is 6.55. The van der Waals surface area contributed by atoms with Crippen molar-refractivity contribution in [2.45, 2.75) is 19.0 Å². The van der Waals surface area contributed by atoms with Crippen molar-refractivity contribution in [1.82, 2.24) is 4.98 Å². The third-order valence-electron chi connectivity index (χ3n) is 5.05. The first-order valence-electron chi connectivity index (χ1n) is 8.75. The number of hydrogen-bond acceptors (Lipinski definition) is 3.